The van der Waals surface area contributed by atoms with Crippen LogP contribution in [0.4, 0.5) is 13.2 Å². The minimum absolute atomic E-state index is 0.236. The average molecular weight is 371 g/mol. The van der Waals surface area contributed by atoms with E-state index < -0.39 is 17.6 Å². The molecular formula is C18H24F3N3O2. The maximum Gasteiger partial charge on any atom is 0.418 e. The lowest BCUT2D eigenvalue weighted by Crippen LogP contribution is -2.59. The van der Waals surface area contributed by atoms with E-state index in [-0.39, 0.29) is 11.1 Å². The molecule has 0 atom stereocenters. The molecule has 144 valence electrons. The molecule has 0 unspecified atom stereocenters. The van der Waals surface area contributed by atoms with E-state index in [9.17, 15) is 18.0 Å². The average Bonchev–Trinajstić information content (AvgIpc) is 2.67. The van der Waals surface area contributed by atoms with Crippen LogP contribution in [0.15, 0.2) is 18.5 Å². The second-order valence-electron chi connectivity index (χ2n) is 6.99. The number of alkyl halides is 3. The molecule has 5 nitrogen and oxygen atoms in total. The van der Waals surface area contributed by atoms with Crippen LogP contribution in [-0.4, -0.2) is 54.2 Å². The summed E-state index contributed by atoms with van der Waals surface area (Å²) in [6, 6.07) is 1.12. The lowest BCUT2D eigenvalue weighted by molar-refractivity contribution is -0.138. The van der Waals surface area contributed by atoms with Gasteiger partial charge in [-0.15, -0.1) is 0 Å². The van der Waals surface area contributed by atoms with Crippen LogP contribution in [0.3, 0.4) is 0 Å². The number of hydrogen-bond donors (Lipinski definition) is 1. The van der Waals surface area contributed by atoms with Crippen molar-refractivity contribution in [2.75, 3.05) is 32.8 Å². The summed E-state index contributed by atoms with van der Waals surface area (Å²) in [7, 11) is 0. The fraction of sp³-hybridized carbons (Fsp3) is 0.667. The number of nitrogens with zero attached hydrogens (tertiary/aromatic N) is 2. The van der Waals surface area contributed by atoms with Gasteiger partial charge in [0, 0.05) is 37.7 Å². The van der Waals surface area contributed by atoms with Crippen molar-refractivity contribution in [3.05, 3.63) is 29.6 Å². The first-order valence-corrected chi connectivity index (χ1v) is 9.05. The quantitative estimate of drug-likeness (QED) is 0.884. The highest BCUT2D eigenvalue weighted by molar-refractivity contribution is 5.95. The van der Waals surface area contributed by atoms with E-state index >= 15 is 0 Å². The number of halogens is 3. The third kappa shape index (κ3) is 4.17. The molecule has 2 fully saturated rings. The van der Waals surface area contributed by atoms with Crippen molar-refractivity contribution in [2.45, 2.75) is 43.8 Å². The summed E-state index contributed by atoms with van der Waals surface area (Å²) in [5.74, 6) is -0.706. The molecule has 0 aliphatic carbocycles. The number of pyridine rings is 1. The van der Waals surface area contributed by atoms with Crippen LogP contribution in [0.1, 0.15) is 48.0 Å². The fourth-order valence-corrected chi connectivity index (χ4v) is 3.88. The number of rotatable bonds is 4. The molecule has 3 rings (SSSR count). The van der Waals surface area contributed by atoms with Crippen molar-refractivity contribution < 1.29 is 22.7 Å². The maximum atomic E-state index is 13.1. The van der Waals surface area contributed by atoms with Gasteiger partial charge in [0.1, 0.15) is 0 Å². The Hall–Kier alpha value is -1.67. The molecule has 0 spiro atoms. The molecular weight excluding hydrogens is 347 g/mol. The summed E-state index contributed by atoms with van der Waals surface area (Å²) in [5.41, 5.74) is -1.62. The molecule has 2 saturated heterocycles. The second kappa shape index (κ2) is 7.92. The Morgan fingerprint density at radius 1 is 1.23 bits per heavy atom. The molecule has 1 amide bonds. The predicted octanol–water partition coefficient (Wildman–Crippen LogP) is 2.87. The van der Waals surface area contributed by atoms with E-state index in [1.54, 1.807) is 0 Å². The molecule has 2 aliphatic rings. The van der Waals surface area contributed by atoms with Crippen LogP contribution < -0.4 is 5.32 Å². The zero-order chi connectivity index (χ0) is 18.6. The number of carbonyl (C=O) groups is 1. The Balaban J connectivity index is 1.74. The largest absolute Gasteiger partial charge is 0.418 e. The number of likely N-dealkylation sites (tertiary alicyclic amines) is 1. The predicted molar refractivity (Wildman–Crippen MR) is 89.8 cm³/mol. The number of hydrogen-bond acceptors (Lipinski definition) is 4. The minimum Gasteiger partial charge on any atom is -0.381 e. The first-order chi connectivity index (χ1) is 12.4. The normalized spacial score (nSPS) is 21.3. The number of nitrogens with one attached hydrogen (secondary N) is 1. The van der Waals surface area contributed by atoms with E-state index in [1.165, 1.54) is 12.6 Å². The lowest BCUT2D eigenvalue weighted by Gasteiger charge is -2.48. The standard InChI is InChI=1S/C18H24F3N3O2/c19-18(20,21)15-12-22-7-4-14(15)16(25)23-13-17(5-10-26-11-6-17)24-8-2-1-3-9-24/h4,7,12H,1-3,5-6,8-11,13H2,(H,23,25). The summed E-state index contributed by atoms with van der Waals surface area (Å²) in [5, 5.41) is 2.76. The molecule has 1 aromatic heterocycles. The van der Waals surface area contributed by atoms with Crippen molar-refractivity contribution in [1.29, 1.82) is 0 Å². The molecule has 3 heterocycles. The molecule has 0 aromatic carbocycles. The minimum atomic E-state index is -4.61. The second-order valence-corrected chi connectivity index (χ2v) is 6.99. The molecule has 2 aliphatic heterocycles. The van der Waals surface area contributed by atoms with Gasteiger partial charge in [-0.2, -0.15) is 13.2 Å². The summed E-state index contributed by atoms with van der Waals surface area (Å²) in [4.78, 5) is 18.4. The number of amides is 1. The van der Waals surface area contributed by atoms with Crippen molar-refractivity contribution in [3.8, 4) is 0 Å². The molecule has 26 heavy (non-hydrogen) atoms. The van der Waals surface area contributed by atoms with Crippen LogP contribution in [0.5, 0.6) is 0 Å². The van der Waals surface area contributed by atoms with Gasteiger partial charge in [0.05, 0.1) is 11.1 Å². The molecule has 0 bridgehead atoms. The highest BCUT2D eigenvalue weighted by atomic mass is 19.4. The Bertz CT molecular complexity index is 624. The summed E-state index contributed by atoms with van der Waals surface area (Å²) in [6.45, 7) is 3.46. The fourth-order valence-electron chi connectivity index (χ4n) is 3.88. The molecule has 8 heteroatoms. The highest BCUT2D eigenvalue weighted by Gasteiger charge is 2.40. The number of ether oxygens (including phenoxy) is 1. The lowest BCUT2D eigenvalue weighted by atomic mass is 9.86. The van der Waals surface area contributed by atoms with Gasteiger partial charge in [-0.1, -0.05) is 6.42 Å². The van der Waals surface area contributed by atoms with Crippen LogP contribution in [0.2, 0.25) is 0 Å². The Kier molecular flexibility index (Phi) is 5.82. The number of piperidine rings is 1. The highest BCUT2D eigenvalue weighted by Crippen LogP contribution is 2.32. The van der Waals surface area contributed by atoms with Gasteiger partial charge in [0.15, 0.2) is 0 Å². The maximum absolute atomic E-state index is 13.1. The van der Waals surface area contributed by atoms with Gasteiger partial charge >= 0.3 is 6.18 Å². The van der Waals surface area contributed by atoms with E-state index in [0.717, 1.165) is 44.8 Å². The molecule has 0 saturated carbocycles. The van der Waals surface area contributed by atoms with Crippen LogP contribution in [0, 0.1) is 0 Å². The SMILES string of the molecule is O=C(NCC1(N2CCCCC2)CCOCC1)c1ccncc1C(F)(F)F. The molecule has 1 aromatic rings. The van der Waals surface area contributed by atoms with Gasteiger partial charge in [0.2, 0.25) is 0 Å². The first kappa shape index (κ1) is 19.1. The molecule has 0 radical (unpaired) electrons. The van der Waals surface area contributed by atoms with Gasteiger partial charge in [0.25, 0.3) is 5.91 Å². The number of carbonyl (C=O) groups excluding carboxylic acids is 1. The zero-order valence-corrected chi connectivity index (χ0v) is 14.6. The third-order valence-electron chi connectivity index (χ3n) is 5.40. The third-order valence-corrected chi connectivity index (χ3v) is 5.40. The van der Waals surface area contributed by atoms with Gasteiger partial charge < -0.3 is 10.1 Å². The van der Waals surface area contributed by atoms with E-state index in [0.29, 0.717) is 26.0 Å². The van der Waals surface area contributed by atoms with Crippen molar-refractivity contribution >= 4 is 5.91 Å². The zero-order valence-electron chi connectivity index (χ0n) is 14.6. The summed E-state index contributed by atoms with van der Waals surface area (Å²) in [6.07, 6.45) is 2.26. The van der Waals surface area contributed by atoms with Crippen molar-refractivity contribution in [2.24, 2.45) is 0 Å². The Morgan fingerprint density at radius 2 is 1.92 bits per heavy atom. The topological polar surface area (TPSA) is 54.5 Å². The Morgan fingerprint density at radius 3 is 2.58 bits per heavy atom. The summed E-state index contributed by atoms with van der Waals surface area (Å²) < 4.78 is 44.8. The van der Waals surface area contributed by atoms with Gasteiger partial charge in [-0.25, -0.2) is 0 Å². The van der Waals surface area contributed by atoms with Crippen molar-refractivity contribution in [1.82, 2.24) is 15.2 Å². The summed E-state index contributed by atoms with van der Waals surface area (Å²) >= 11 is 0. The molecule has 1 N–H and O–H groups in total. The smallest absolute Gasteiger partial charge is 0.381 e. The van der Waals surface area contributed by atoms with E-state index in [4.69, 9.17) is 4.74 Å². The van der Waals surface area contributed by atoms with Gasteiger partial charge in [-0.05, 0) is 44.8 Å². The van der Waals surface area contributed by atoms with Crippen LogP contribution in [0.25, 0.3) is 0 Å². The van der Waals surface area contributed by atoms with Crippen LogP contribution in [-0.2, 0) is 10.9 Å². The van der Waals surface area contributed by atoms with E-state index in [2.05, 4.69) is 15.2 Å². The Labute approximate surface area is 150 Å². The van der Waals surface area contributed by atoms with Crippen molar-refractivity contribution in [3.63, 3.8) is 0 Å². The first-order valence-electron chi connectivity index (χ1n) is 9.05. The van der Waals surface area contributed by atoms with Crippen LogP contribution >= 0.6 is 0 Å². The number of aromatic nitrogens is 1. The van der Waals surface area contributed by atoms with Gasteiger partial charge in [-0.3, -0.25) is 14.7 Å². The monoisotopic (exact) mass is 371 g/mol. The van der Waals surface area contributed by atoms with E-state index in [1.807, 2.05) is 0 Å².